The number of imide groups is 1. The first-order valence-corrected chi connectivity index (χ1v) is 10.9. The lowest BCUT2D eigenvalue weighted by atomic mass is 9.98. The van der Waals surface area contributed by atoms with Crippen LogP contribution in [-0.2, 0) is 9.59 Å². The molecule has 0 saturated carbocycles. The van der Waals surface area contributed by atoms with Gasteiger partial charge in [0.1, 0.15) is 0 Å². The molecule has 0 aromatic heterocycles. The number of nitrogens with one attached hydrogen (secondary N) is 2. The lowest BCUT2D eigenvalue weighted by molar-refractivity contribution is -0.125. The van der Waals surface area contributed by atoms with Gasteiger partial charge in [-0.15, -0.1) is 0 Å². The topological polar surface area (TPSA) is 67.4 Å². The Morgan fingerprint density at radius 3 is 2.76 bits per heavy atom. The number of hydrogen-bond acceptors (Lipinski definition) is 5. The molecule has 7 heteroatoms. The number of amides is 2. The van der Waals surface area contributed by atoms with E-state index in [1.807, 2.05) is 39.8 Å². The van der Waals surface area contributed by atoms with Crippen molar-refractivity contribution in [3.63, 3.8) is 0 Å². The molecule has 1 aromatic rings. The van der Waals surface area contributed by atoms with Gasteiger partial charge in [0, 0.05) is 18.2 Å². The van der Waals surface area contributed by atoms with Crippen LogP contribution in [0.5, 0.6) is 5.75 Å². The van der Waals surface area contributed by atoms with E-state index in [0.29, 0.717) is 13.0 Å². The number of benzene rings is 1. The zero-order valence-corrected chi connectivity index (χ0v) is 18.4. The maximum absolute atomic E-state index is 14.0. The minimum Gasteiger partial charge on any atom is -0.490 e. The number of rotatable bonds is 10. The Labute approximate surface area is 177 Å². The first-order chi connectivity index (χ1) is 13.7. The van der Waals surface area contributed by atoms with Gasteiger partial charge in [-0.2, -0.15) is 0 Å². The minimum atomic E-state index is -0.347. The standard InChI is InChI=1S/C22H31FN2O3S/c1-15(16-9-10-18(23)19(12-16)28-14-22(2,3)4)25-29-11-7-5-6-8-17-13-20(26)24-21(17)27/h5-6,9-10,12,15,17,25H,7-8,11,13-14H2,1-4H3,(H,24,26,27)/b6-5+. The highest BCUT2D eigenvalue weighted by Crippen LogP contribution is 2.26. The van der Waals surface area contributed by atoms with Crippen molar-refractivity contribution in [1.82, 2.24) is 10.0 Å². The molecule has 1 fully saturated rings. The molecule has 2 N–H and O–H groups in total. The van der Waals surface area contributed by atoms with E-state index in [1.54, 1.807) is 24.1 Å². The summed E-state index contributed by atoms with van der Waals surface area (Å²) >= 11 is 1.60. The van der Waals surface area contributed by atoms with E-state index in [-0.39, 0.29) is 47.2 Å². The predicted molar refractivity (Wildman–Crippen MR) is 115 cm³/mol. The first-order valence-electron chi connectivity index (χ1n) is 9.94. The quantitative estimate of drug-likeness (QED) is 0.251. The van der Waals surface area contributed by atoms with Crippen LogP contribution in [0, 0.1) is 17.2 Å². The number of halogens is 1. The molecule has 29 heavy (non-hydrogen) atoms. The molecule has 2 unspecified atom stereocenters. The van der Waals surface area contributed by atoms with Crippen molar-refractivity contribution in [2.24, 2.45) is 11.3 Å². The SMILES string of the molecule is CC(NSCC/C=C/CC1CC(=O)NC1=O)c1ccc(F)c(OCC(C)(C)C)c1. The zero-order valence-electron chi connectivity index (χ0n) is 17.6. The fraction of sp³-hybridized carbons (Fsp3) is 0.545. The number of carbonyl (C=O) groups excluding carboxylic acids is 2. The molecule has 2 rings (SSSR count). The van der Waals surface area contributed by atoms with Crippen molar-refractivity contribution in [3.05, 3.63) is 41.7 Å². The van der Waals surface area contributed by atoms with Crippen LogP contribution in [0.25, 0.3) is 0 Å². The van der Waals surface area contributed by atoms with Gasteiger partial charge >= 0.3 is 0 Å². The van der Waals surface area contributed by atoms with E-state index in [2.05, 4.69) is 10.0 Å². The van der Waals surface area contributed by atoms with Gasteiger partial charge in [-0.3, -0.25) is 19.6 Å². The molecule has 1 aromatic carbocycles. The van der Waals surface area contributed by atoms with Crippen molar-refractivity contribution in [2.75, 3.05) is 12.4 Å². The number of allylic oxidation sites excluding steroid dienone is 2. The van der Waals surface area contributed by atoms with E-state index in [9.17, 15) is 14.0 Å². The average molecular weight is 423 g/mol. The minimum absolute atomic E-state index is 0.0349. The van der Waals surface area contributed by atoms with Crippen LogP contribution in [0.15, 0.2) is 30.4 Å². The second kappa shape index (κ2) is 10.8. The highest BCUT2D eigenvalue weighted by atomic mass is 32.2. The second-order valence-corrected chi connectivity index (χ2v) is 9.47. The number of hydrogen-bond donors (Lipinski definition) is 2. The Morgan fingerprint density at radius 1 is 1.34 bits per heavy atom. The van der Waals surface area contributed by atoms with Gasteiger partial charge in [-0.25, -0.2) is 4.39 Å². The zero-order chi connectivity index (χ0) is 21.4. The first kappa shape index (κ1) is 23.4. The molecule has 0 spiro atoms. The molecule has 1 aliphatic rings. The molecular weight excluding hydrogens is 391 g/mol. The van der Waals surface area contributed by atoms with Gasteiger partial charge in [0.2, 0.25) is 11.8 Å². The highest BCUT2D eigenvalue weighted by Gasteiger charge is 2.28. The van der Waals surface area contributed by atoms with E-state index in [0.717, 1.165) is 17.7 Å². The van der Waals surface area contributed by atoms with Crippen molar-refractivity contribution in [2.45, 2.75) is 53.0 Å². The summed E-state index contributed by atoms with van der Waals surface area (Å²) in [4.78, 5) is 22.6. The van der Waals surface area contributed by atoms with Crippen molar-refractivity contribution < 1.29 is 18.7 Å². The molecule has 1 aliphatic heterocycles. The van der Waals surface area contributed by atoms with Gasteiger partial charge in [0.25, 0.3) is 0 Å². The third-order valence-electron chi connectivity index (χ3n) is 4.42. The van der Waals surface area contributed by atoms with Crippen LogP contribution in [0.2, 0.25) is 0 Å². The Hall–Kier alpha value is -1.86. The monoisotopic (exact) mass is 422 g/mol. The van der Waals surface area contributed by atoms with Crippen molar-refractivity contribution >= 4 is 23.8 Å². The fourth-order valence-corrected chi connectivity index (χ4v) is 3.51. The summed E-state index contributed by atoms with van der Waals surface area (Å²) in [6, 6.07) is 5.02. The van der Waals surface area contributed by atoms with E-state index < -0.39 is 0 Å². The Balaban J connectivity index is 1.71. The number of carbonyl (C=O) groups is 2. The predicted octanol–water partition coefficient (Wildman–Crippen LogP) is 4.55. The summed E-state index contributed by atoms with van der Waals surface area (Å²) in [5.74, 6) is 0.224. The second-order valence-electron chi connectivity index (χ2n) is 8.54. The molecule has 5 nitrogen and oxygen atoms in total. The van der Waals surface area contributed by atoms with Crippen molar-refractivity contribution in [3.8, 4) is 5.75 Å². The van der Waals surface area contributed by atoms with Crippen molar-refractivity contribution in [1.29, 1.82) is 0 Å². The molecule has 0 radical (unpaired) electrons. The summed E-state index contributed by atoms with van der Waals surface area (Å²) in [6.07, 6.45) is 5.74. The van der Waals surface area contributed by atoms with Gasteiger partial charge in [0.05, 0.1) is 12.5 Å². The maximum atomic E-state index is 14.0. The molecule has 0 aliphatic carbocycles. The van der Waals surface area contributed by atoms with Crippen LogP contribution in [-0.4, -0.2) is 24.2 Å². The lowest BCUT2D eigenvalue weighted by Crippen LogP contribution is -2.21. The van der Waals surface area contributed by atoms with Crippen LogP contribution < -0.4 is 14.8 Å². The van der Waals surface area contributed by atoms with Gasteiger partial charge in [0.15, 0.2) is 11.6 Å². The molecule has 2 atom stereocenters. The molecule has 1 heterocycles. The molecule has 1 saturated heterocycles. The Morgan fingerprint density at radius 2 is 2.10 bits per heavy atom. The normalized spacial score (nSPS) is 18.3. The average Bonchev–Trinajstić information content (AvgIpc) is 2.96. The number of ether oxygens (including phenoxy) is 1. The summed E-state index contributed by atoms with van der Waals surface area (Å²) < 4.78 is 23.0. The smallest absolute Gasteiger partial charge is 0.230 e. The molecular formula is C22H31FN2O3S. The molecule has 2 amide bonds. The van der Waals surface area contributed by atoms with E-state index >= 15 is 0 Å². The van der Waals surface area contributed by atoms with Crippen LogP contribution in [0.4, 0.5) is 4.39 Å². The largest absolute Gasteiger partial charge is 0.490 e. The third-order valence-corrected chi connectivity index (χ3v) is 5.38. The Kier molecular flexibility index (Phi) is 8.71. The molecule has 160 valence electrons. The fourth-order valence-electron chi connectivity index (χ4n) is 2.75. The van der Waals surface area contributed by atoms with Crippen LogP contribution in [0.1, 0.15) is 58.6 Å². The summed E-state index contributed by atoms with van der Waals surface area (Å²) in [5, 5.41) is 2.32. The highest BCUT2D eigenvalue weighted by molar-refractivity contribution is 7.97. The van der Waals surface area contributed by atoms with Gasteiger partial charge in [-0.05, 0) is 42.9 Å². The van der Waals surface area contributed by atoms with Gasteiger partial charge < -0.3 is 4.74 Å². The van der Waals surface area contributed by atoms with Crippen LogP contribution in [0.3, 0.4) is 0 Å². The molecule has 0 bridgehead atoms. The summed E-state index contributed by atoms with van der Waals surface area (Å²) in [5.41, 5.74) is 0.933. The van der Waals surface area contributed by atoms with Gasteiger partial charge in [-0.1, -0.05) is 50.9 Å². The van der Waals surface area contributed by atoms with Crippen LogP contribution >= 0.6 is 11.9 Å². The lowest BCUT2D eigenvalue weighted by Gasteiger charge is -2.20. The maximum Gasteiger partial charge on any atom is 0.230 e. The van der Waals surface area contributed by atoms with E-state index in [4.69, 9.17) is 4.74 Å². The third kappa shape index (κ3) is 8.19. The Bertz CT molecular complexity index is 746. The van der Waals surface area contributed by atoms with E-state index in [1.165, 1.54) is 6.07 Å². The summed E-state index contributed by atoms with van der Waals surface area (Å²) in [7, 11) is 0. The summed E-state index contributed by atoms with van der Waals surface area (Å²) in [6.45, 7) is 8.62.